The first kappa shape index (κ1) is 23.9. The maximum Gasteiger partial charge on any atom is 0.256 e. The van der Waals surface area contributed by atoms with Gasteiger partial charge in [-0.2, -0.15) is 0 Å². The van der Waals surface area contributed by atoms with Gasteiger partial charge in [-0.15, -0.1) is 0 Å². The SMILES string of the molecule is Cc1[nH]c(C=C2C(=O)Nc3cccc(-c4c(F)cccc4F)c32)c(C)c1C(=O)NCCN1CCCC1. The Balaban J connectivity index is 1.48. The number of halogens is 2. The number of H-pyrrole nitrogens is 1. The van der Waals surface area contributed by atoms with Gasteiger partial charge in [-0.1, -0.05) is 18.2 Å². The molecule has 2 aliphatic rings. The molecular formula is C28H28F2N4O2. The van der Waals surface area contributed by atoms with Crippen molar-refractivity contribution >= 4 is 29.2 Å². The van der Waals surface area contributed by atoms with Crippen LogP contribution in [0.15, 0.2) is 36.4 Å². The van der Waals surface area contributed by atoms with Crippen molar-refractivity contribution in [3.8, 4) is 11.1 Å². The lowest BCUT2D eigenvalue weighted by molar-refractivity contribution is -0.110. The number of nitrogens with zero attached hydrogens (tertiary/aromatic N) is 1. The van der Waals surface area contributed by atoms with Gasteiger partial charge in [0, 0.05) is 35.7 Å². The number of aromatic nitrogens is 1. The number of nitrogens with one attached hydrogen (secondary N) is 3. The van der Waals surface area contributed by atoms with Gasteiger partial charge in [-0.25, -0.2) is 8.78 Å². The Labute approximate surface area is 208 Å². The smallest absolute Gasteiger partial charge is 0.256 e. The zero-order chi connectivity index (χ0) is 25.4. The fraction of sp³-hybridized carbons (Fsp3) is 0.286. The van der Waals surface area contributed by atoms with Crippen LogP contribution in [0.3, 0.4) is 0 Å². The van der Waals surface area contributed by atoms with Gasteiger partial charge in [0.15, 0.2) is 0 Å². The molecule has 0 aliphatic carbocycles. The van der Waals surface area contributed by atoms with E-state index in [2.05, 4.69) is 20.5 Å². The number of amides is 2. The van der Waals surface area contributed by atoms with Crippen LogP contribution in [0, 0.1) is 25.5 Å². The Morgan fingerprint density at radius 1 is 1.06 bits per heavy atom. The summed E-state index contributed by atoms with van der Waals surface area (Å²) in [6.45, 7) is 7.15. The molecule has 6 nitrogen and oxygen atoms in total. The number of fused-ring (bicyclic) bond motifs is 1. The van der Waals surface area contributed by atoms with Crippen molar-refractivity contribution in [2.24, 2.45) is 0 Å². The summed E-state index contributed by atoms with van der Waals surface area (Å²) in [7, 11) is 0. The molecule has 0 spiro atoms. The van der Waals surface area contributed by atoms with Crippen molar-refractivity contribution in [3.63, 3.8) is 0 Å². The fourth-order valence-electron chi connectivity index (χ4n) is 5.18. The van der Waals surface area contributed by atoms with Crippen LogP contribution in [0.2, 0.25) is 0 Å². The number of carbonyl (C=O) groups is 2. The molecule has 36 heavy (non-hydrogen) atoms. The van der Waals surface area contributed by atoms with Crippen molar-refractivity contribution < 1.29 is 18.4 Å². The third kappa shape index (κ3) is 4.33. The van der Waals surface area contributed by atoms with Crippen molar-refractivity contribution in [2.45, 2.75) is 26.7 Å². The highest BCUT2D eigenvalue weighted by Gasteiger charge is 2.30. The van der Waals surface area contributed by atoms with Crippen molar-refractivity contribution in [2.75, 3.05) is 31.5 Å². The number of likely N-dealkylation sites (tertiary alicyclic amines) is 1. The van der Waals surface area contributed by atoms with Crippen LogP contribution < -0.4 is 10.6 Å². The monoisotopic (exact) mass is 490 g/mol. The third-order valence-corrected chi connectivity index (χ3v) is 6.96. The van der Waals surface area contributed by atoms with Gasteiger partial charge in [-0.3, -0.25) is 9.59 Å². The van der Waals surface area contributed by atoms with Crippen LogP contribution in [-0.4, -0.2) is 47.9 Å². The number of carbonyl (C=O) groups excluding carboxylic acids is 2. The molecule has 3 aromatic rings. The predicted octanol–water partition coefficient (Wildman–Crippen LogP) is 4.90. The van der Waals surface area contributed by atoms with Gasteiger partial charge in [0.25, 0.3) is 11.8 Å². The number of rotatable bonds is 6. The number of aromatic amines is 1. The van der Waals surface area contributed by atoms with Gasteiger partial charge in [0.05, 0.1) is 16.7 Å². The van der Waals surface area contributed by atoms with Crippen LogP contribution >= 0.6 is 0 Å². The highest BCUT2D eigenvalue weighted by molar-refractivity contribution is 6.36. The highest BCUT2D eigenvalue weighted by atomic mass is 19.1. The van der Waals surface area contributed by atoms with E-state index in [4.69, 9.17) is 0 Å². The Morgan fingerprint density at radius 2 is 1.75 bits per heavy atom. The van der Waals surface area contributed by atoms with Crippen LogP contribution in [0.4, 0.5) is 14.5 Å². The third-order valence-electron chi connectivity index (χ3n) is 6.96. The van der Waals surface area contributed by atoms with E-state index < -0.39 is 11.6 Å². The lowest BCUT2D eigenvalue weighted by Gasteiger charge is -2.14. The quantitative estimate of drug-likeness (QED) is 0.431. The summed E-state index contributed by atoms with van der Waals surface area (Å²) >= 11 is 0. The first-order valence-electron chi connectivity index (χ1n) is 12.2. The molecule has 0 atom stereocenters. The zero-order valence-corrected chi connectivity index (χ0v) is 20.3. The van der Waals surface area contributed by atoms with Gasteiger partial charge in [-0.05, 0) is 75.2 Å². The Bertz CT molecular complexity index is 1370. The molecule has 1 aromatic heterocycles. The van der Waals surface area contributed by atoms with E-state index in [1.165, 1.54) is 31.0 Å². The maximum absolute atomic E-state index is 14.6. The fourth-order valence-corrected chi connectivity index (χ4v) is 5.18. The maximum atomic E-state index is 14.6. The molecule has 3 N–H and O–H groups in total. The van der Waals surface area contributed by atoms with Crippen LogP contribution in [0.25, 0.3) is 22.8 Å². The van der Waals surface area contributed by atoms with E-state index in [1.54, 1.807) is 24.3 Å². The number of hydrogen-bond acceptors (Lipinski definition) is 3. The number of benzene rings is 2. The van der Waals surface area contributed by atoms with Gasteiger partial charge < -0.3 is 20.5 Å². The molecule has 8 heteroatoms. The molecule has 1 fully saturated rings. The molecule has 186 valence electrons. The Morgan fingerprint density at radius 3 is 2.47 bits per heavy atom. The van der Waals surface area contributed by atoms with E-state index in [-0.39, 0.29) is 28.5 Å². The average molecular weight is 491 g/mol. The first-order valence-corrected chi connectivity index (χ1v) is 12.2. The molecule has 0 saturated carbocycles. The lowest BCUT2D eigenvalue weighted by atomic mass is 9.93. The lowest BCUT2D eigenvalue weighted by Crippen LogP contribution is -2.33. The number of hydrogen-bond donors (Lipinski definition) is 3. The summed E-state index contributed by atoms with van der Waals surface area (Å²) < 4.78 is 29.3. The largest absolute Gasteiger partial charge is 0.358 e. The van der Waals surface area contributed by atoms with E-state index in [9.17, 15) is 18.4 Å². The molecule has 2 aromatic carbocycles. The van der Waals surface area contributed by atoms with E-state index in [0.29, 0.717) is 40.3 Å². The van der Waals surface area contributed by atoms with Gasteiger partial charge in [0.1, 0.15) is 11.6 Å². The second kappa shape index (κ2) is 9.70. The predicted molar refractivity (Wildman–Crippen MR) is 137 cm³/mol. The molecule has 5 rings (SSSR count). The number of aryl methyl sites for hydroxylation is 1. The summed E-state index contributed by atoms with van der Waals surface area (Å²) in [5, 5.41) is 5.78. The zero-order valence-electron chi connectivity index (χ0n) is 20.3. The highest BCUT2D eigenvalue weighted by Crippen LogP contribution is 2.42. The molecule has 1 saturated heterocycles. The average Bonchev–Trinajstić information content (AvgIpc) is 3.53. The van der Waals surface area contributed by atoms with E-state index >= 15 is 0 Å². The number of anilines is 1. The molecule has 3 heterocycles. The molecule has 0 radical (unpaired) electrons. The topological polar surface area (TPSA) is 77.2 Å². The second-order valence-corrected chi connectivity index (χ2v) is 9.31. The summed E-state index contributed by atoms with van der Waals surface area (Å²) in [5.41, 5.74) is 3.80. The molecule has 2 amide bonds. The van der Waals surface area contributed by atoms with E-state index in [1.807, 2.05) is 13.8 Å². The molecule has 0 bridgehead atoms. The summed E-state index contributed by atoms with van der Waals surface area (Å²) in [6, 6.07) is 8.64. The van der Waals surface area contributed by atoms with Gasteiger partial charge >= 0.3 is 0 Å². The first-order chi connectivity index (χ1) is 17.3. The minimum Gasteiger partial charge on any atom is -0.358 e. The van der Waals surface area contributed by atoms with Crippen LogP contribution in [0.5, 0.6) is 0 Å². The summed E-state index contributed by atoms with van der Waals surface area (Å²) in [4.78, 5) is 31.4. The van der Waals surface area contributed by atoms with Crippen LogP contribution in [-0.2, 0) is 4.79 Å². The Kier molecular flexibility index (Phi) is 6.45. The molecule has 0 unspecified atom stereocenters. The molecule has 2 aliphatic heterocycles. The van der Waals surface area contributed by atoms with Crippen molar-refractivity contribution in [1.29, 1.82) is 0 Å². The summed E-state index contributed by atoms with van der Waals surface area (Å²) in [6.07, 6.45) is 4.04. The molecular weight excluding hydrogens is 462 g/mol. The van der Waals surface area contributed by atoms with Gasteiger partial charge in [0.2, 0.25) is 0 Å². The van der Waals surface area contributed by atoms with Crippen LogP contribution in [0.1, 0.15) is 45.7 Å². The van der Waals surface area contributed by atoms with Crippen molar-refractivity contribution in [1.82, 2.24) is 15.2 Å². The minimum atomic E-state index is -0.707. The minimum absolute atomic E-state index is 0.171. The standard InChI is InChI=1S/C28H28F2N4O2/c1-16-23(32-17(2)24(16)28(36)31-11-14-34-12-3-4-13-34)15-19-25-18(7-5-10-22(25)33-27(19)35)26-20(29)8-6-9-21(26)30/h5-10,15,32H,3-4,11-14H2,1-2H3,(H,31,36)(H,33,35). The van der Waals surface area contributed by atoms with Crippen molar-refractivity contribution in [3.05, 3.63) is 76.1 Å². The second-order valence-electron chi connectivity index (χ2n) is 9.31. The van der Waals surface area contributed by atoms with E-state index in [0.717, 1.165) is 19.6 Å². The Hall–Kier alpha value is -3.78. The normalized spacial score (nSPS) is 16.4. The summed E-state index contributed by atoms with van der Waals surface area (Å²) in [5.74, 6) is -1.96.